The van der Waals surface area contributed by atoms with Gasteiger partial charge in [-0.25, -0.2) is 0 Å². The molecule has 0 heterocycles. The maximum atomic E-state index is 10.8. The van der Waals surface area contributed by atoms with Crippen molar-refractivity contribution in [3.8, 4) is 0 Å². The zero-order valence-corrected chi connectivity index (χ0v) is 7.52. The summed E-state index contributed by atoms with van der Waals surface area (Å²) >= 11 is 0. The number of carbonyl (C=O) groups excluding carboxylic acids is 1. The first kappa shape index (κ1) is 10.1. The molecule has 0 aliphatic rings. The van der Waals surface area contributed by atoms with E-state index in [0.29, 0.717) is 0 Å². The highest BCUT2D eigenvalue weighted by Gasteiger charge is 2.30. The molecule has 0 amide bonds. The maximum absolute atomic E-state index is 10.8. The molecule has 1 unspecified atom stereocenters. The molecule has 5 heteroatoms. The molecule has 1 aromatic rings. The lowest BCUT2D eigenvalue weighted by molar-refractivity contribution is 0.366. The largest absolute Gasteiger partial charge is 0.340 e. The van der Waals surface area contributed by atoms with Crippen LogP contribution in [0.15, 0.2) is 30.3 Å². The zero-order chi connectivity index (χ0) is 9.90. The third kappa shape index (κ3) is 2.49. The minimum atomic E-state index is -4.42. The van der Waals surface area contributed by atoms with Crippen molar-refractivity contribution in [3.63, 3.8) is 0 Å². The van der Waals surface area contributed by atoms with E-state index in [1.807, 2.05) is 0 Å². The van der Waals surface area contributed by atoms with Crippen LogP contribution in [0, 0.1) is 0 Å². The van der Waals surface area contributed by atoms with Crippen LogP contribution in [0.4, 0.5) is 0 Å². The first-order valence-electron chi connectivity index (χ1n) is 3.53. The lowest BCUT2D eigenvalue weighted by Gasteiger charge is -2.10. The van der Waals surface area contributed by atoms with E-state index in [4.69, 9.17) is 9.79 Å². The van der Waals surface area contributed by atoms with Gasteiger partial charge in [0.15, 0.2) is 5.66 Å². The summed E-state index contributed by atoms with van der Waals surface area (Å²) in [6, 6.07) is 7.87. The normalized spacial score (nSPS) is 13.7. The van der Waals surface area contributed by atoms with Crippen LogP contribution in [0.25, 0.3) is 0 Å². The van der Waals surface area contributed by atoms with Crippen molar-refractivity contribution in [1.82, 2.24) is 0 Å². The highest BCUT2D eigenvalue weighted by Crippen LogP contribution is 2.50. The number of benzene rings is 1. The average Bonchev–Trinajstić information content (AvgIpc) is 2.05. The van der Waals surface area contributed by atoms with Crippen LogP contribution in [0.5, 0.6) is 0 Å². The van der Waals surface area contributed by atoms with Crippen molar-refractivity contribution in [1.29, 1.82) is 0 Å². The molecular weight excluding hydrogens is 191 g/mol. The number of hydrogen-bond donors (Lipinski definition) is 2. The third-order valence-electron chi connectivity index (χ3n) is 1.56. The molecule has 0 aromatic heterocycles. The van der Waals surface area contributed by atoms with E-state index in [1.54, 1.807) is 18.2 Å². The van der Waals surface area contributed by atoms with E-state index in [9.17, 15) is 9.36 Å². The van der Waals surface area contributed by atoms with Gasteiger partial charge in [-0.3, -0.25) is 9.36 Å². The van der Waals surface area contributed by atoms with Crippen LogP contribution in [0.2, 0.25) is 0 Å². The second kappa shape index (κ2) is 3.83. The van der Waals surface area contributed by atoms with Crippen LogP contribution < -0.4 is 0 Å². The average molecular weight is 199 g/mol. The van der Waals surface area contributed by atoms with Crippen LogP contribution in [0.1, 0.15) is 11.2 Å². The van der Waals surface area contributed by atoms with Gasteiger partial charge in [0.25, 0.3) is 0 Å². The summed E-state index contributed by atoms with van der Waals surface area (Å²) in [4.78, 5) is 27.9. The van der Waals surface area contributed by atoms with E-state index < -0.39 is 13.3 Å². The molecular formula is C8H8O4P. The summed E-state index contributed by atoms with van der Waals surface area (Å²) in [7, 11) is -4.42. The topological polar surface area (TPSA) is 74.6 Å². The van der Waals surface area contributed by atoms with Crippen molar-refractivity contribution in [2.75, 3.05) is 0 Å². The Morgan fingerprint density at radius 1 is 1.23 bits per heavy atom. The third-order valence-corrected chi connectivity index (χ3v) is 2.64. The van der Waals surface area contributed by atoms with Crippen molar-refractivity contribution < 1.29 is 19.1 Å². The summed E-state index contributed by atoms with van der Waals surface area (Å²) in [6.07, 6.45) is 1.35. The zero-order valence-electron chi connectivity index (χ0n) is 6.62. The molecule has 1 aromatic carbocycles. The molecule has 0 aliphatic heterocycles. The van der Waals surface area contributed by atoms with Gasteiger partial charge in [-0.2, -0.15) is 0 Å². The molecule has 0 aliphatic carbocycles. The molecule has 0 saturated carbocycles. The van der Waals surface area contributed by atoms with Gasteiger partial charge in [0.2, 0.25) is 6.29 Å². The van der Waals surface area contributed by atoms with Crippen molar-refractivity contribution in [3.05, 3.63) is 35.9 Å². The van der Waals surface area contributed by atoms with E-state index >= 15 is 0 Å². The Bertz CT molecular complexity index is 329. The Hall–Kier alpha value is -0.960. The van der Waals surface area contributed by atoms with E-state index in [-0.39, 0.29) is 5.56 Å². The Balaban J connectivity index is 3.06. The van der Waals surface area contributed by atoms with Crippen LogP contribution >= 0.6 is 7.60 Å². The molecule has 13 heavy (non-hydrogen) atoms. The Morgan fingerprint density at radius 3 is 2.15 bits per heavy atom. The SMILES string of the molecule is O=[C]C(c1ccccc1)P(=O)(O)O. The molecule has 2 N–H and O–H groups in total. The fourth-order valence-electron chi connectivity index (χ4n) is 0.966. The van der Waals surface area contributed by atoms with Gasteiger partial charge in [0.1, 0.15) is 0 Å². The lowest BCUT2D eigenvalue weighted by atomic mass is 10.2. The molecule has 1 radical (unpaired) electrons. The first-order valence-corrected chi connectivity index (χ1v) is 5.21. The van der Waals surface area contributed by atoms with Gasteiger partial charge in [-0.05, 0) is 5.56 Å². The van der Waals surface area contributed by atoms with E-state index in [0.717, 1.165) is 0 Å². The summed E-state index contributed by atoms with van der Waals surface area (Å²) in [6.45, 7) is 0. The Kier molecular flexibility index (Phi) is 2.98. The second-order valence-electron chi connectivity index (χ2n) is 2.52. The predicted octanol–water partition coefficient (Wildman–Crippen LogP) is 1.02. The monoisotopic (exact) mass is 199 g/mol. The van der Waals surface area contributed by atoms with Gasteiger partial charge >= 0.3 is 7.60 Å². The smallest absolute Gasteiger partial charge is 0.324 e. The molecule has 0 fully saturated rings. The van der Waals surface area contributed by atoms with Gasteiger partial charge in [-0.1, -0.05) is 30.3 Å². The minimum absolute atomic E-state index is 0.283. The molecule has 4 nitrogen and oxygen atoms in total. The number of hydrogen-bond acceptors (Lipinski definition) is 2. The fourth-order valence-corrected chi connectivity index (χ4v) is 1.66. The highest BCUT2D eigenvalue weighted by atomic mass is 31.2. The molecule has 1 atom stereocenters. The van der Waals surface area contributed by atoms with Gasteiger partial charge in [-0.15, -0.1) is 0 Å². The summed E-state index contributed by atoms with van der Waals surface area (Å²) < 4.78 is 10.8. The predicted molar refractivity (Wildman–Crippen MR) is 46.9 cm³/mol. The molecule has 1 rings (SSSR count). The van der Waals surface area contributed by atoms with Crippen molar-refractivity contribution in [2.45, 2.75) is 5.66 Å². The summed E-state index contributed by atoms with van der Waals surface area (Å²) in [5, 5.41) is 0. The van der Waals surface area contributed by atoms with E-state index in [2.05, 4.69) is 0 Å². The van der Waals surface area contributed by atoms with Gasteiger partial charge < -0.3 is 9.79 Å². The second-order valence-corrected chi connectivity index (χ2v) is 4.21. The molecule has 0 saturated heterocycles. The van der Waals surface area contributed by atoms with Crippen LogP contribution in [0.3, 0.4) is 0 Å². The minimum Gasteiger partial charge on any atom is -0.324 e. The van der Waals surface area contributed by atoms with Gasteiger partial charge in [0, 0.05) is 0 Å². The maximum Gasteiger partial charge on any atom is 0.340 e. The highest BCUT2D eigenvalue weighted by molar-refractivity contribution is 7.53. The van der Waals surface area contributed by atoms with Gasteiger partial charge in [0.05, 0.1) is 0 Å². The summed E-state index contributed by atoms with van der Waals surface area (Å²) in [5.74, 6) is 0. The van der Waals surface area contributed by atoms with E-state index in [1.165, 1.54) is 18.4 Å². The quantitative estimate of drug-likeness (QED) is 0.712. The number of rotatable bonds is 3. The van der Waals surface area contributed by atoms with Crippen LogP contribution in [-0.4, -0.2) is 16.1 Å². The molecule has 0 spiro atoms. The Labute approximate surface area is 75.4 Å². The van der Waals surface area contributed by atoms with Crippen molar-refractivity contribution >= 4 is 13.9 Å². The first-order chi connectivity index (χ1) is 6.05. The van der Waals surface area contributed by atoms with Crippen LogP contribution in [-0.2, 0) is 9.36 Å². The fraction of sp³-hybridized carbons (Fsp3) is 0.125. The Morgan fingerprint density at radius 2 is 1.77 bits per heavy atom. The molecule has 0 bridgehead atoms. The standard InChI is InChI=1S/C8H8O4P/c9-6-8(13(10,11)12)7-4-2-1-3-5-7/h1-5,8H,(H2,10,11,12). The summed E-state index contributed by atoms with van der Waals surface area (Å²) in [5.41, 5.74) is -1.18. The lowest BCUT2D eigenvalue weighted by Crippen LogP contribution is -2.00. The molecule has 69 valence electrons. The van der Waals surface area contributed by atoms with Crippen molar-refractivity contribution in [2.24, 2.45) is 0 Å².